The number of halogens is 2. The Hall–Kier alpha value is -0.930. The Morgan fingerprint density at radius 3 is 2.53 bits per heavy atom. The molecule has 0 unspecified atom stereocenters. The van der Waals surface area contributed by atoms with E-state index >= 15 is 0 Å². The van der Waals surface area contributed by atoms with Crippen LogP contribution in [0.5, 0.6) is 0 Å². The molecule has 2 rings (SSSR count). The highest BCUT2D eigenvalue weighted by molar-refractivity contribution is 7.15. The molecule has 1 aromatic carbocycles. The lowest BCUT2D eigenvalue weighted by Crippen LogP contribution is -1.81. The monoisotopic (exact) mass is 241 g/mol. The zero-order chi connectivity index (χ0) is 10.8. The van der Waals surface area contributed by atoms with Crippen molar-refractivity contribution in [2.24, 2.45) is 0 Å². The first-order valence-corrected chi connectivity index (χ1v) is 5.84. The average Bonchev–Trinajstić information content (AvgIpc) is 2.61. The highest BCUT2D eigenvalue weighted by Crippen LogP contribution is 2.28. The molecule has 0 saturated carbocycles. The molecule has 0 aliphatic rings. The van der Waals surface area contributed by atoms with Gasteiger partial charge in [-0.3, -0.25) is 0 Å². The summed E-state index contributed by atoms with van der Waals surface area (Å²) in [5.74, 6) is 0.188. The predicted molar refractivity (Wildman–Crippen MR) is 61.8 cm³/mol. The van der Waals surface area contributed by atoms with Crippen molar-refractivity contribution < 1.29 is 4.39 Å². The van der Waals surface area contributed by atoms with Crippen LogP contribution in [0.2, 0.25) is 0 Å². The van der Waals surface area contributed by atoms with Gasteiger partial charge >= 0.3 is 0 Å². The summed E-state index contributed by atoms with van der Waals surface area (Å²) in [4.78, 5) is 5.51. The number of aromatic nitrogens is 1. The van der Waals surface area contributed by atoms with Gasteiger partial charge < -0.3 is 0 Å². The fourth-order valence-electron chi connectivity index (χ4n) is 1.27. The van der Waals surface area contributed by atoms with Crippen LogP contribution in [-0.2, 0) is 5.88 Å². The highest BCUT2D eigenvalue weighted by Gasteiger charge is 2.08. The van der Waals surface area contributed by atoms with Crippen LogP contribution in [0.15, 0.2) is 24.3 Å². The van der Waals surface area contributed by atoms with Gasteiger partial charge in [-0.1, -0.05) is 0 Å². The third kappa shape index (κ3) is 2.19. The number of alkyl halides is 1. The second-order valence-electron chi connectivity index (χ2n) is 3.16. The summed E-state index contributed by atoms with van der Waals surface area (Å²) in [5.41, 5.74) is 1.84. The molecular formula is C11H9ClFNS. The number of rotatable bonds is 2. The van der Waals surface area contributed by atoms with Gasteiger partial charge in [-0.15, -0.1) is 22.9 Å². The van der Waals surface area contributed by atoms with Crippen molar-refractivity contribution in [2.75, 3.05) is 0 Å². The molecule has 0 radical (unpaired) electrons. The van der Waals surface area contributed by atoms with Crippen LogP contribution in [0.25, 0.3) is 10.6 Å². The Labute approximate surface area is 96.5 Å². The summed E-state index contributed by atoms with van der Waals surface area (Å²) in [7, 11) is 0. The Balaban J connectivity index is 2.41. The maximum atomic E-state index is 12.7. The van der Waals surface area contributed by atoms with Crippen molar-refractivity contribution in [3.05, 3.63) is 40.7 Å². The summed E-state index contributed by atoms with van der Waals surface area (Å²) in [5, 5.41) is 0.892. The molecule has 1 heterocycles. The maximum absolute atomic E-state index is 12.7. The Morgan fingerprint density at radius 2 is 2.00 bits per heavy atom. The van der Waals surface area contributed by atoms with Crippen molar-refractivity contribution in [3.8, 4) is 10.6 Å². The molecule has 0 aliphatic carbocycles. The summed E-state index contributed by atoms with van der Waals surface area (Å²) < 4.78 is 12.7. The van der Waals surface area contributed by atoms with E-state index in [-0.39, 0.29) is 5.82 Å². The zero-order valence-corrected chi connectivity index (χ0v) is 9.70. The van der Waals surface area contributed by atoms with Gasteiger partial charge in [-0.05, 0) is 31.2 Å². The minimum absolute atomic E-state index is 0.232. The van der Waals surface area contributed by atoms with Crippen molar-refractivity contribution in [2.45, 2.75) is 12.8 Å². The third-order valence-electron chi connectivity index (χ3n) is 2.11. The highest BCUT2D eigenvalue weighted by atomic mass is 35.5. The number of thiazole rings is 1. The van der Waals surface area contributed by atoms with Gasteiger partial charge in [0.05, 0.1) is 11.6 Å². The van der Waals surface area contributed by atoms with Crippen molar-refractivity contribution >= 4 is 22.9 Å². The molecule has 15 heavy (non-hydrogen) atoms. The second kappa shape index (κ2) is 4.29. The first-order valence-electron chi connectivity index (χ1n) is 4.49. The molecule has 2 aromatic rings. The average molecular weight is 242 g/mol. The van der Waals surface area contributed by atoms with Crippen LogP contribution in [-0.4, -0.2) is 4.98 Å². The van der Waals surface area contributed by atoms with Gasteiger partial charge in [0, 0.05) is 10.4 Å². The molecule has 1 nitrogen and oxygen atoms in total. The standard InChI is InChI=1S/C11H9ClFNS/c1-7-10(6-12)14-11(15-7)8-2-4-9(13)5-3-8/h2-5H,6H2,1H3. The summed E-state index contributed by atoms with van der Waals surface area (Å²) in [6, 6.07) is 6.33. The van der Waals surface area contributed by atoms with E-state index in [0.29, 0.717) is 5.88 Å². The third-order valence-corrected chi connectivity index (χ3v) is 3.43. The number of hydrogen-bond acceptors (Lipinski definition) is 2. The van der Waals surface area contributed by atoms with Gasteiger partial charge in [-0.2, -0.15) is 0 Å². The molecule has 1 aromatic heterocycles. The Bertz CT molecular complexity index is 464. The molecule has 0 amide bonds. The largest absolute Gasteiger partial charge is 0.240 e. The van der Waals surface area contributed by atoms with Gasteiger partial charge in [-0.25, -0.2) is 9.37 Å². The normalized spacial score (nSPS) is 10.6. The fourth-order valence-corrected chi connectivity index (χ4v) is 2.54. The molecule has 0 spiro atoms. The van der Waals surface area contributed by atoms with Crippen molar-refractivity contribution in [1.29, 1.82) is 0 Å². The molecular weight excluding hydrogens is 233 g/mol. The van der Waals surface area contributed by atoms with E-state index in [4.69, 9.17) is 11.6 Å². The topological polar surface area (TPSA) is 12.9 Å². The van der Waals surface area contributed by atoms with Crippen LogP contribution in [0.1, 0.15) is 10.6 Å². The zero-order valence-electron chi connectivity index (χ0n) is 8.13. The fraction of sp³-hybridized carbons (Fsp3) is 0.182. The minimum Gasteiger partial charge on any atom is -0.240 e. The van der Waals surface area contributed by atoms with Crippen molar-refractivity contribution in [1.82, 2.24) is 4.98 Å². The minimum atomic E-state index is -0.232. The van der Waals surface area contributed by atoms with E-state index in [1.54, 1.807) is 23.5 Å². The number of hydrogen-bond donors (Lipinski definition) is 0. The molecule has 0 aliphatic heterocycles. The van der Waals surface area contributed by atoms with E-state index in [1.807, 2.05) is 6.92 Å². The lowest BCUT2D eigenvalue weighted by Gasteiger charge is -1.94. The number of aryl methyl sites for hydroxylation is 1. The predicted octanol–water partition coefficient (Wildman–Crippen LogP) is 4.00. The maximum Gasteiger partial charge on any atom is 0.123 e. The quantitative estimate of drug-likeness (QED) is 0.725. The van der Waals surface area contributed by atoms with E-state index in [0.717, 1.165) is 21.1 Å². The Kier molecular flexibility index (Phi) is 3.03. The van der Waals surface area contributed by atoms with Crippen molar-refractivity contribution in [3.63, 3.8) is 0 Å². The number of nitrogens with zero attached hydrogens (tertiary/aromatic N) is 1. The molecule has 0 bridgehead atoms. The Morgan fingerprint density at radius 1 is 1.33 bits per heavy atom. The van der Waals surface area contributed by atoms with Crippen LogP contribution >= 0.6 is 22.9 Å². The lowest BCUT2D eigenvalue weighted by molar-refractivity contribution is 0.628. The molecule has 0 saturated heterocycles. The molecule has 0 N–H and O–H groups in total. The van der Waals surface area contributed by atoms with Gasteiger partial charge in [0.1, 0.15) is 10.8 Å². The van der Waals surface area contributed by atoms with Gasteiger partial charge in [0.2, 0.25) is 0 Å². The van der Waals surface area contributed by atoms with Crippen LogP contribution in [0.3, 0.4) is 0 Å². The van der Waals surface area contributed by atoms with Gasteiger partial charge in [0.15, 0.2) is 0 Å². The van der Waals surface area contributed by atoms with E-state index in [9.17, 15) is 4.39 Å². The van der Waals surface area contributed by atoms with Crippen LogP contribution < -0.4 is 0 Å². The number of benzene rings is 1. The molecule has 4 heteroatoms. The molecule has 0 atom stereocenters. The lowest BCUT2D eigenvalue weighted by atomic mass is 10.2. The van der Waals surface area contributed by atoms with Crippen LogP contribution in [0.4, 0.5) is 4.39 Å². The molecule has 78 valence electrons. The van der Waals surface area contributed by atoms with E-state index in [1.165, 1.54) is 12.1 Å². The molecule has 0 fully saturated rings. The van der Waals surface area contributed by atoms with E-state index < -0.39 is 0 Å². The summed E-state index contributed by atoms with van der Waals surface area (Å²) in [6.45, 7) is 1.99. The SMILES string of the molecule is Cc1sc(-c2ccc(F)cc2)nc1CCl. The first kappa shape index (κ1) is 10.6. The van der Waals surface area contributed by atoms with Gasteiger partial charge in [0.25, 0.3) is 0 Å². The summed E-state index contributed by atoms with van der Waals surface area (Å²) in [6.07, 6.45) is 0. The van der Waals surface area contributed by atoms with Crippen LogP contribution in [0, 0.1) is 12.7 Å². The second-order valence-corrected chi connectivity index (χ2v) is 4.63. The first-order chi connectivity index (χ1) is 7.20. The smallest absolute Gasteiger partial charge is 0.123 e. The summed E-state index contributed by atoms with van der Waals surface area (Å²) >= 11 is 7.32. The van der Waals surface area contributed by atoms with E-state index in [2.05, 4.69) is 4.98 Å².